The van der Waals surface area contributed by atoms with E-state index in [1.807, 2.05) is 0 Å². The van der Waals surface area contributed by atoms with Crippen molar-refractivity contribution in [2.75, 3.05) is 0 Å². The highest BCUT2D eigenvalue weighted by molar-refractivity contribution is 6.31. The zero-order valence-corrected chi connectivity index (χ0v) is 12.6. The predicted octanol–water partition coefficient (Wildman–Crippen LogP) is 1.89. The molecule has 0 aromatic heterocycles. The monoisotopic (exact) mass is 313 g/mol. The molecule has 0 aliphatic heterocycles. The van der Waals surface area contributed by atoms with Gasteiger partial charge in [0, 0.05) is 17.1 Å². The highest BCUT2D eigenvalue weighted by Gasteiger charge is 2.23. The Kier molecular flexibility index (Phi) is 5.66. The van der Waals surface area contributed by atoms with Crippen LogP contribution in [-0.2, 0) is 4.79 Å². The first kappa shape index (κ1) is 16.9. The van der Waals surface area contributed by atoms with Crippen molar-refractivity contribution in [3.63, 3.8) is 0 Å². The molecule has 1 atom stereocenters. The fourth-order valence-electron chi connectivity index (χ4n) is 1.60. The number of nitro groups is 1. The molecule has 7 nitrogen and oxygen atoms in total. The minimum absolute atomic E-state index is 0.0719. The molecule has 0 heterocycles. The van der Waals surface area contributed by atoms with Gasteiger partial charge in [-0.25, -0.2) is 0 Å². The van der Waals surface area contributed by atoms with Crippen molar-refractivity contribution in [2.45, 2.75) is 32.9 Å². The number of hydrogen-bond acceptors (Lipinski definition) is 4. The highest BCUT2D eigenvalue weighted by Crippen LogP contribution is 2.22. The lowest BCUT2D eigenvalue weighted by Gasteiger charge is -2.16. The van der Waals surface area contributed by atoms with Gasteiger partial charge in [0.15, 0.2) is 0 Å². The third-order valence-corrected chi connectivity index (χ3v) is 2.81. The molecule has 0 radical (unpaired) electrons. The Morgan fingerprint density at radius 2 is 1.86 bits per heavy atom. The molecular weight excluding hydrogens is 298 g/mol. The first-order chi connectivity index (χ1) is 9.72. The van der Waals surface area contributed by atoms with Crippen molar-refractivity contribution in [2.24, 2.45) is 0 Å². The van der Waals surface area contributed by atoms with Gasteiger partial charge < -0.3 is 10.6 Å². The van der Waals surface area contributed by atoms with Crippen LogP contribution in [0.25, 0.3) is 0 Å². The van der Waals surface area contributed by atoms with Gasteiger partial charge in [0.1, 0.15) is 11.6 Å². The Morgan fingerprint density at radius 3 is 2.38 bits per heavy atom. The fourth-order valence-corrected chi connectivity index (χ4v) is 1.77. The van der Waals surface area contributed by atoms with Crippen molar-refractivity contribution >= 4 is 29.1 Å². The van der Waals surface area contributed by atoms with Gasteiger partial charge >= 0.3 is 0 Å². The van der Waals surface area contributed by atoms with Crippen LogP contribution in [-0.4, -0.2) is 28.8 Å². The summed E-state index contributed by atoms with van der Waals surface area (Å²) in [5.74, 6) is -1.10. The number of halogens is 1. The van der Waals surface area contributed by atoms with Crippen LogP contribution in [0.5, 0.6) is 0 Å². The molecule has 0 spiro atoms. The minimum atomic E-state index is -0.821. The van der Waals surface area contributed by atoms with Gasteiger partial charge in [-0.3, -0.25) is 19.7 Å². The lowest BCUT2D eigenvalue weighted by atomic mass is 10.1. The van der Waals surface area contributed by atoms with E-state index in [1.54, 1.807) is 13.8 Å². The van der Waals surface area contributed by atoms with Crippen LogP contribution in [0.15, 0.2) is 18.2 Å². The summed E-state index contributed by atoms with van der Waals surface area (Å²) in [6.45, 7) is 5.06. The van der Waals surface area contributed by atoms with Crippen molar-refractivity contribution in [1.29, 1.82) is 0 Å². The number of amides is 2. The van der Waals surface area contributed by atoms with E-state index in [4.69, 9.17) is 11.6 Å². The topological polar surface area (TPSA) is 101 Å². The quantitative estimate of drug-likeness (QED) is 0.640. The second-order valence-electron chi connectivity index (χ2n) is 4.78. The van der Waals surface area contributed by atoms with Gasteiger partial charge in [0.05, 0.1) is 4.92 Å². The zero-order valence-electron chi connectivity index (χ0n) is 11.8. The van der Waals surface area contributed by atoms with Gasteiger partial charge in [-0.15, -0.1) is 0 Å². The first-order valence-corrected chi connectivity index (χ1v) is 6.65. The van der Waals surface area contributed by atoms with Gasteiger partial charge in [0.2, 0.25) is 5.91 Å². The molecular formula is C13H16ClN3O4. The second kappa shape index (κ2) is 7.03. The number of carbonyl (C=O) groups is 2. The summed E-state index contributed by atoms with van der Waals surface area (Å²) in [7, 11) is 0. The van der Waals surface area contributed by atoms with Crippen LogP contribution < -0.4 is 10.6 Å². The summed E-state index contributed by atoms with van der Waals surface area (Å²) in [6.07, 6.45) is 0. The molecule has 1 aromatic rings. The Balaban J connectivity index is 2.92. The molecule has 1 aromatic carbocycles. The van der Waals surface area contributed by atoms with E-state index in [0.717, 1.165) is 6.07 Å². The summed E-state index contributed by atoms with van der Waals surface area (Å²) in [5, 5.41) is 16.1. The number of nitro benzene ring substituents is 1. The van der Waals surface area contributed by atoms with E-state index in [-0.39, 0.29) is 28.2 Å². The SMILES string of the molecule is CC(C)NC(=O)C(C)NC(=O)c1cc(Cl)ccc1[N+](=O)[O-]. The van der Waals surface area contributed by atoms with Crippen molar-refractivity contribution in [1.82, 2.24) is 10.6 Å². The lowest BCUT2D eigenvalue weighted by molar-refractivity contribution is -0.385. The molecule has 0 aliphatic rings. The Hall–Kier alpha value is -2.15. The maximum atomic E-state index is 12.1. The summed E-state index contributed by atoms with van der Waals surface area (Å²) in [5.41, 5.74) is -0.551. The van der Waals surface area contributed by atoms with Crippen LogP contribution in [0.4, 0.5) is 5.69 Å². The largest absolute Gasteiger partial charge is 0.352 e. The van der Waals surface area contributed by atoms with E-state index in [9.17, 15) is 19.7 Å². The summed E-state index contributed by atoms with van der Waals surface area (Å²) < 4.78 is 0. The number of rotatable bonds is 5. The Labute approximate surface area is 126 Å². The summed E-state index contributed by atoms with van der Waals surface area (Å²) in [4.78, 5) is 34.0. The van der Waals surface area contributed by atoms with Crippen molar-refractivity contribution in [3.8, 4) is 0 Å². The number of carbonyl (C=O) groups excluding carboxylic acids is 2. The van der Waals surface area contributed by atoms with Crippen LogP contribution in [0.1, 0.15) is 31.1 Å². The van der Waals surface area contributed by atoms with E-state index < -0.39 is 16.9 Å². The van der Waals surface area contributed by atoms with Crippen molar-refractivity contribution < 1.29 is 14.5 Å². The molecule has 21 heavy (non-hydrogen) atoms. The minimum Gasteiger partial charge on any atom is -0.352 e. The van der Waals surface area contributed by atoms with Gasteiger partial charge in [-0.2, -0.15) is 0 Å². The van der Waals surface area contributed by atoms with E-state index >= 15 is 0 Å². The highest BCUT2D eigenvalue weighted by atomic mass is 35.5. The fraction of sp³-hybridized carbons (Fsp3) is 0.385. The molecule has 0 saturated heterocycles. The second-order valence-corrected chi connectivity index (χ2v) is 5.21. The Morgan fingerprint density at radius 1 is 1.24 bits per heavy atom. The summed E-state index contributed by atoms with van der Waals surface area (Å²) >= 11 is 5.75. The van der Waals surface area contributed by atoms with E-state index in [1.165, 1.54) is 19.1 Å². The number of benzene rings is 1. The zero-order chi connectivity index (χ0) is 16.2. The molecule has 1 unspecified atom stereocenters. The maximum Gasteiger partial charge on any atom is 0.282 e. The number of nitrogens with zero attached hydrogens (tertiary/aromatic N) is 1. The van der Waals surface area contributed by atoms with Gasteiger partial charge in [-0.05, 0) is 32.9 Å². The van der Waals surface area contributed by atoms with Crippen LogP contribution in [0, 0.1) is 10.1 Å². The molecule has 114 valence electrons. The average molecular weight is 314 g/mol. The molecule has 1 rings (SSSR count). The Bertz CT molecular complexity index is 575. The van der Waals surface area contributed by atoms with Gasteiger partial charge in [-0.1, -0.05) is 11.6 Å². The lowest BCUT2D eigenvalue weighted by Crippen LogP contribution is -2.46. The predicted molar refractivity (Wildman–Crippen MR) is 78.3 cm³/mol. The third-order valence-electron chi connectivity index (χ3n) is 2.57. The standard InChI is InChI=1S/C13H16ClN3O4/c1-7(2)15-12(18)8(3)16-13(19)10-6-9(14)4-5-11(10)17(20)21/h4-8H,1-3H3,(H,15,18)(H,16,19). The molecule has 2 N–H and O–H groups in total. The first-order valence-electron chi connectivity index (χ1n) is 6.27. The molecule has 8 heteroatoms. The van der Waals surface area contributed by atoms with Crippen molar-refractivity contribution in [3.05, 3.63) is 38.9 Å². The molecule has 0 aliphatic carbocycles. The number of nitrogens with one attached hydrogen (secondary N) is 2. The molecule has 0 fully saturated rings. The maximum absolute atomic E-state index is 12.1. The smallest absolute Gasteiger partial charge is 0.282 e. The molecule has 2 amide bonds. The normalized spacial score (nSPS) is 11.9. The average Bonchev–Trinajstić information content (AvgIpc) is 2.37. The van der Waals surface area contributed by atoms with E-state index in [2.05, 4.69) is 10.6 Å². The van der Waals surface area contributed by atoms with Crippen LogP contribution in [0.2, 0.25) is 5.02 Å². The van der Waals surface area contributed by atoms with Gasteiger partial charge in [0.25, 0.3) is 11.6 Å². The molecule has 0 saturated carbocycles. The van der Waals surface area contributed by atoms with Crippen LogP contribution in [0.3, 0.4) is 0 Å². The van der Waals surface area contributed by atoms with E-state index in [0.29, 0.717) is 0 Å². The number of hydrogen-bond donors (Lipinski definition) is 2. The van der Waals surface area contributed by atoms with Crippen LogP contribution >= 0.6 is 11.6 Å². The third kappa shape index (κ3) is 4.71. The molecule has 0 bridgehead atoms. The summed E-state index contributed by atoms with van der Waals surface area (Å²) in [6, 6.07) is 2.78.